The fraction of sp³-hybridized carbons (Fsp3) is 0.500. The summed E-state index contributed by atoms with van der Waals surface area (Å²) in [6.45, 7) is 0.501. The Morgan fingerprint density at radius 1 is 1.14 bits per heavy atom. The maximum Gasteiger partial charge on any atom is 0.249 e. The van der Waals surface area contributed by atoms with E-state index in [-0.39, 0.29) is 5.92 Å². The third-order valence-electron chi connectivity index (χ3n) is 7.25. The van der Waals surface area contributed by atoms with Gasteiger partial charge < -0.3 is 15.6 Å². The predicted molar refractivity (Wildman–Crippen MR) is 110 cm³/mol. The first kappa shape index (κ1) is 18.6. The number of carbonyl (C=O) groups is 1. The van der Waals surface area contributed by atoms with Gasteiger partial charge in [-0.1, -0.05) is 12.1 Å². The number of primary amides is 1. The minimum Gasteiger partial charge on any atom is -0.493 e. The Kier molecular flexibility index (Phi) is 4.58. The number of benzene rings is 1. The number of hydrogen-bond donors (Lipinski definition) is 2. The van der Waals surface area contributed by atoms with Crippen molar-refractivity contribution in [1.82, 2.24) is 4.98 Å². The highest BCUT2D eigenvalue weighted by atomic mass is 16.5. The van der Waals surface area contributed by atoms with Gasteiger partial charge in [-0.3, -0.25) is 9.78 Å². The second-order valence-electron chi connectivity index (χ2n) is 9.22. The van der Waals surface area contributed by atoms with Gasteiger partial charge in [0.1, 0.15) is 5.75 Å². The largest absolute Gasteiger partial charge is 0.493 e. The summed E-state index contributed by atoms with van der Waals surface area (Å²) in [7, 11) is 0. The van der Waals surface area contributed by atoms with Crippen LogP contribution in [0.1, 0.15) is 59.6 Å². The summed E-state index contributed by atoms with van der Waals surface area (Å²) in [5, 5.41) is 11.0. The number of nitrogens with two attached hydrogens (primary N) is 1. The molecule has 2 atom stereocenters. The van der Waals surface area contributed by atoms with E-state index in [0.717, 1.165) is 49.1 Å². The molecule has 3 N–H and O–H groups in total. The third-order valence-corrected chi connectivity index (χ3v) is 7.25. The number of ether oxygens (including phenoxy) is 1. The van der Waals surface area contributed by atoms with Crippen molar-refractivity contribution < 1.29 is 14.6 Å². The first-order valence-corrected chi connectivity index (χ1v) is 10.7. The Balaban J connectivity index is 1.44. The lowest BCUT2D eigenvalue weighted by molar-refractivity contribution is -0.135. The van der Waals surface area contributed by atoms with Crippen LogP contribution in [0.4, 0.5) is 0 Å². The summed E-state index contributed by atoms with van der Waals surface area (Å²) < 4.78 is 6.20. The summed E-state index contributed by atoms with van der Waals surface area (Å²) in [5.74, 6) is 2.00. The first-order chi connectivity index (χ1) is 14.0. The molecule has 0 spiro atoms. The number of nitrogens with zero attached hydrogens (tertiary/aromatic N) is 1. The molecule has 0 aliphatic heterocycles. The van der Waals surface area contributed by atoms with E-state index in [1.54, 1.807) is 6.20 Å². The molecule has 4 saturated carbocycles. The van der Waals surface area contributed by atoms with E-state index >= 15 is 0 Å². The molecule has 4 aliphatic carbocycles. The van der Waals surface area contributed by atoms with Gasteiger partial charge in [0.05, 0.1) is 12.2 Å². The van der Waals surface area contributed by atoms with Crippen LogP contribution < -0.4 is 10.5 Å². The Morgan fingerprint density at radius 2 is 1.93 bits per heavy atom. The summed E-state index contributed by atoms with van der Waals surface area (Å²) in [6.07, 6.45) is 7.34. The van der Waals surface area contributed by atoms with Crippen LogP contribution in [0.15, 0.2) is 42.6 Å². The van der Waals surface area contributed by atoms with E-state index in [9.17, 15) is 9.90 Å². The van der Waals surface area contributed by atoms with Crippen LogP contribution in [0, 0.1) is 17.8 Å². The van der Waals surface area contributed by atoms with Crippen LogP contribution in [-0.4, -0.2) is 28.2 Å². The number of aliphatic hydroxyl groups is 1. The maximum absolute atomic E-state index is 12.3. The molecular formula is C24H28N2O3. The summed E-state index contributed by atoms with van der Waals surface area (Å²) in [4.78, 5) is 16.6. The van der Waals surface area contributed by atoms with Crippen molar-refractivity contribution in [1.29, 1.82) is 0 Å². The molecule has 1 heterocycles. The van der Waals surface area contributed by atoms with Gasteiger partial charge in [-0.15, -0.1) is 0 Å². The van der Waals surface area contributed by atoms with Gasteiger partial charge in [0.15, 0.2) is 0 Å². The number of carbonyl (C=O) groups excluding carboxylic acids is 1. The van der Waals surface area contributed by atoms with Crippen LogP contribution in [0.5, 0.6) is 5.75 Å². The van der Waals surface area contributed by atoms with Crippen molar-refractivity contribution in [2.75, 3.05) is 6.61 Å². The molecule has 4 aliphatic rings. The van der Waals surface area contributed by atoms with Crippen LogP contribution in [0.3, 0.4) is 0 Å². The second kappa shape index (κ2) is 7.13. The maximum atomic E-state index is 12.3. The Morgan fingerprint density at radius 3 is 2.59 bits per heavy atom. The minimum atomic E-state index is -0.505. The lowest BCUT2D eigenvalue weighted by Crippen LogP contribution is -2.54. The van der Waals surface area contributed by atoms with E-state index in [2.05, 4.69) is 4.98 Å². The summed E-state index contributed by atoms with van der Waals surface area (Å²) in [5.41, 5.74) is 7.79. The van der Waals surface area contributed by atoms with Crippen molar-refractivity contribution in [3.05, 3.63) is 59.4 Å². The lowest BCUT2D eigenvalue weighted by atomic mass is 9.49. The van der Waals surface area contributed by atoms with Gasteiger partial charge in [0.25, 0.3) is 0 Å². The van der Waals surface area contributed by atoms with Gasteiger partial charge >= 0.3 is 0 Å². The van der Waals surface area contributed by atoms with E-state index in [0.29, 0.717) is 36.3 Å². The van der Waals surface area contributed by atoms with Crippen LogP contribution in [0.25, 0.3) is 0 Å². The lowest BCUT2D eigenvalue weighted by Gasteiger charge is -2.58. The summed E-state index contributed by atoms with van der Waals surface area (Å²) in [6, 6.07) is 11.5. The smallest absolute Gasteiger partial charge is 0.249 e. The van der Waals surface area contributed by atoms with Crippen LogP contribution >= 0.6 is 0 Å². The normalized spacial score (nSPS) is 32.3. The first-order valence-electron chi connectivity index (χ1n) is 10.7. The molecule has 4 fully saturated rings. The number of aromatic nitrogens is 1. The minimum absolute atomic E-state index is 0.236. The van der Waals surface area contributed by atoms with Crippen LogP contribution in [-0.2, 0) is 6.42 Å². The topological polar surface area (TPSA) is 85.4 Å². The molecule has 29 heavy (non-hydrogen) atoms. The Hall–Kier alpha value is -2.40. The van der Waals surface area contributed by atoms with Crippen LogP contribution in [0.2, 0.25) is 0 Å². The summed E-state index contributed by atoms with van der Waals surface area (Å²) >= 11 is 0. The number of rotatable bonds is 6. The van der Waals surface area contributed by atoms with Gasteiger partial charge in [0, 0.05) is 29.4 Å². The van der Waals surface area contributed by atoms with Crippen molar-refractivity contribution in [3.63, 3.8) is 0 Å². The highest BCUT2D eigenvalue weighted by molar-refractivity contribution is 5.95. The third kappa shape index (κ3) is 3.42. The van der Waals surface area contributed by atoms with Gasteiger partial charge in [-0.2, -0.15) is 0 Å². The number of hydrogen-bond acceptors (Lipinski definition) is 4. The molecule has 1 aromatic heterocycles. The zero-order valence-corrected chi connectivity index (χ0v) is 16.6. The fourth-order valence-electron chi connectivity index (χ4n) is 6.49. The molecule has 6 rings (SSSR count). The van der Waals surface area contributed by atoms with Gasteiger partial charge in [0.2, 0.25) is 5.91 Å². The van der Waals surface area contributed by atoms with Crippen molar-refractivity contribution >= 4 is 5.91 Å². The number of amides is 1. The average Bonchev–Trinajstić information content (AvgIpc) is 2.68. The van der Waals surface area contributed by atoms with Crippen molar-refractivity contribution in [3.8, 4) is 5.75 Å². The molecule has 2 unspecified atom stereocenters. The van der Waals surface area contributed by atoms with E-state index in [1.165, 1.54) is 0 Å². The predicted octanol–water partition coefficient (Wildman–Crippen LogP) is 3.46. The quantitative estimate of drug-likeness (QED) is 0.788. The standard InChI is InChI=1S/C24H28N2O3/c25-23(27)19-5-3-6-20(29-9-7-18-4-1-2-8-26-18)22(19)21-16-10-15-11-17(21)14-24(28,12-15)13-16/h1-6,8,15-17,21,28H,7,9-14H2,(H2,25,27). The molecule has 2 aromatic rings. The highest BCUT2D eigenvalue weighted by Gasteiger charge is 2.55. The van der Waals surface area contributed by atoms with E-state index in [1.807, 2.05) is 36.4 Å². The Bertz CT molecular complexity index is 898. The molecule has 5 nitrogen and oxygen atoms in total. The van der Waals surface area contributed by atoms with Crippen molar-refractivity contribution in [2.24, 2.45) is 23.5 Å². The Labute approximate surface area is 171 Å². The van der Waals surface area contributed by atoms with E-state index < -0.39 is 11.5 Å². The fourth-order valence-corrected chi connectivity index (χ4v) is 6.49. The highest BCUT2D eigenvalue weighted by Crippen LogP contribution is 2.62. The molecular weight excluding hydrogens is 364 g/mol. The molecule has 5 heteroatoms. The molecule has 0 radical (unpaired) electrons. The molecule has 0 saturated heterocycles. The molecule has 1 amide bonds. The number of pyridine rings is 1. The monoisotopic (exact) mass is 392 g/mol. The molecule has 4 bridgehead atoms. The van der Waals surface area contributed by atoms with Gasteiger partial charge in [-0.25, -0.2) is 0 Å². The second-order valence-corrected chi connectivity index (χ2v) is 9.22. The molecule has 152 valence electrons. The van der Waals surface area contributed by atoms with E-state index in [4.69, 9.17) is 10.5 Å². The zero-order valence-electron chi connectivity index (χ0n) is 16.6. The molecule has 1 aromatic carbocycles. The van der Waals surface area contributed by atoms with Crippen molar-refractivity contribution in [2.45, 2.75) is 50.0 Å². The SMILES string of the molecule is NC(=O)c1cccc(OCCc2ccccn2)c1C1C2CC3CC1CC(O)(C3)C2. The average molecular weight is 392 g/mol. The zero-order chi connectivity index (χ0) is 20.0. The van der Waals surface area contributed by atoms with Gasteiger partial charge in [-0.05, 0) is 80.0 Å².